The third kappa shape index (κ3) is 5.25. The minimum atomic E-state index is 0.253. The third-order valence-corrected chi connectivity index (χ3v) is 6.91. The molecule has 0 N–H and O–H groups in total. The van der Waals surface area contributed by atoms with Crippen molar-refractivity contribution in [3.63, 3.8) is 0 Å². The summed E-state index contributed by atoms with van der Waals surface area (Å²) in [5, 5.41) is 9.03. The molecule has 0 saturated carbocycles. The Morgan fingerprint density at radius 1 is 1.00 bits per heavy atom. The second kappa shape index (κ2) is 10.3. The van der Waals surface area contributed by atoms with Crippen molar-refractivity contribution in [3.05, 3.63) is 77.0 Å². The second-order valence-corrected chi connectivity index (χ2v) is 10.1. The maximum Gasteiger partial charge on any atom is 0.222 e. The molecule has 0 bridgehead atoms. The SMILES string of the molecule is Cc1ccc(-c2ccc(CCC(=O)N3C[C@H](C)C[C@@H](C)C3)n2-c2ccc(CC#N)cc2)c(C)c1. The minimum absolute atomic E-state index is 0.253. The topological polar surface area (TPSA) is 49.0 Å². The van der Waals surface area contributed by atoms with Crippen LogP contribution in [0, 0.1) is 37.0 Å². The fourth-order valence-corrected chi connectivity index (χ4v) is 5.40. The highest BCUT2D eigenvalue weighted by Crippen LogP contribution is 2.31. The summed E-state index contributed by atoms with van der Waals surface area (Å²) in [7, 11) is 0. The van der Waals surface area contributed by atoms with Crippen LogP contribution >= 0.6 is 0 Å². The van der Waals surface area contributed by atoms with Crippen molar-refractivity contribution in [2.45, 2.75) is 53.4 Å². The number of nitrogens with zero attached hydrogens (tertiary/aromatic N) is 3. The zero-order valence-electron chi connectivity index (χ0n) is 20.8. The summed E-state index contributed by atoms with van der Waals surface area (Å²) in [6.45, 7) is 10.5. The quantitative estimate of drug-likeness (QED) is 0.442. The number of nitriles is 1. The number of hydrogen-bond acceptors (Lipinski definition) is 2. The molecule has 176 valence electrons. The molecule has 1 aliphatic rings. The highest BCUT2D eigenvalue weighted by Gasteiger charge is 2.25. The summed E-state index contributed by atoms with van der Waals surface area (Å²) in [5.41, 5.74) is 8.02. The van der Waals surface area contributed by atoms with Crippen LogP contribution in [-0.4, -0.2) is 28.5 Å². The number of piperidine rings is 1. The fourth-order valence-electron chi connectivity index (χ4n) is 5.40. The van der Waals surface area contributed by atoms with Gasteiger partial charge in [0.1, 0.15) is 0 Å². The summed E-state index contributed by atoms with van der Waals surface area (Å²) in [6.07, 6.45) is 2.82. The van der Waals surface area contributed by atoms with Crippen LogP contribution in [0.1, 0.15) is 49.1 Å². The van der Waals surface area contributed by atoms with Gasteiger partial charge in [0.2, 0.25) is 5.91 Å². The summed E-state index contributed by atoms with van der Waals surface area (Å²) >= 11 is 0. The average molecular weight is 454 g/mol. The number of amides is 1. The summed E-state index contributed by atoms with van der Waals surface area (Å²) in [5.74, 6) is 1.39. The molecule has 0 aliphatic carbocycles. The average Bonchev–Trinajstić information content (AvgIpc) is 3.21. The van der Waals surface area contributed by atoms with Crippen molar-refractivity contribution < 1.29 is 4.79 Å². The normalized spacial score (nSPS) is 18.0. The van der Waals surface area contributed by atoms with E-state index in [-0.39, 0.29) is 5.91 Å². The molecule has 3 aromatic rings. The minimum Gasteiger partial charge on any atom is -0.342 e. The van der Waals surface area contributed by atoms with E-state index in [1.807, 2.05) is 12.1 Å². The van der Waals surface area contributed by atoms with E-state index >= 15 is 0 Å². The monoisotopic (exact) mass is 453 g/mol. The molecule has 34 heavy (non-hydrogen) atoms. The van der Waals surface area contributed by atoms with Gasteiger partial charge in [0, 0.05) is 36.5 Å². The van der Waals surface area contributed by atoms with E-state index in [4.69, 9.17) is 5.26 Å². The van der Waals surface area contributed by atoms with Gasteiger partial charge in [-0.15, -0.1) is 0 Å². The first kappa shape index (κ1) is 23.8. The zero-order chi connectivity index (χ0) is 24.2. The summed E-state index contributed by atoms with van der Waals surface area (Å²) in [4.78, 5) is 15.1. The Morgan fingerprint density at radius 3 is 2.35 bits per heavy atom. The lowest BCUT2D eigenvalue weighted by atomic mass is 9.91. The Balaban J connectivity index is 1.65. The molecule has 1 fully saturated rings. The van der Waals surface area contributed by atoms with Gasteiger partial charge in [-0.25, -0.2) is 0 Å². The Hall–Kier alpha value is -3.32. The van der Waals surface area contributed by atoms with Gasteiger partial charge in [-0.1, -0.05) is 49.7 Å². The molecule has 1 aliphatic heterocycles. The molecular formula is C30H35N3O. The van der Waals surface area contributed by atoms with Crippen LogP contribution in [0.5, 0.6) is 0 Å². The summed E-state index contributed by atoms with van der Waals surface area (Å²) < 4.78 is 2.28. The van der Waals surface area contributed by atoms with Gasteiger partial charge in [-0.3, -0.25) is 4.79 Å². The molecule has 4 heteroatoms. The van der Waals surface area contributed by atoms with Gasteiger partial charge in [0.15, 0.2) is 0 Å². The standard InChI is InChI=1S/C30H35N3O/c1-21-5-12-28(24(4)18-21)29-13-10-27(33(29)26-8-6-25(7-9-26)15-16-31)11-14-30(34)32-19-22(2)17-23(3)20-32/h5-10,12-13,18,22-23H,11,14-15,17,19-20H2,1-4H3/t22-,23-/m1/s1. The number of benzene rings is 2. The predicted octanol–water partition coefficient (Wildman–Crippen LogP) is 6.26. The Morgan fingerprint density at radius 2 is 1.71 bits per heavy atom. The van der Waals surface area contributed by atoms with Gasteiger partial charge in [-0.2, -0.15) is 5.26 Å². The van der Waals surface area contributed by atoms with Gasteiger partial charge in [0.05, 0.1) is 18.2 Å². The van der Waals surface area contributed by atoms with E-state index in [1.54, 1.807) is 0 Å². The largest absolute Gasteiger partial charge is 0.342 e. The molecule has 1 amide bonds. The molecular weight excluding hydrogens is 418 g/mol. The molecule has 0 unspecified atom stereocenters. The van der Waals surface area contributed by atoms with E-state index in [2.05, 4.69) is 85.7 Å². The maximum absolute atomic E-state index is 13.1. The first-order valence-corrected chi connectivity index (χ1v) is 12.4. The number of likely N-dealkylation sites (tertiary alicyclic amines) is 1. The van der Waals surface area contributed by atoms with Crippen LogP contribution in [-0.2, 0) is 17.6 Å². The molecule has 0 spiro atoms. The van der Waals surface area contributed by atoms with E-state index in [0.717, 1.165) is 35.7 Å². The van der Waals surface area contributed by atoms with E-state index in [9.17, 15) is 4.79 Å². The van der Waals surface area contributed by atoms with Crippen LogP contribution in [0.25, 0.3) is 16.9 Å². The number of rotatable bonds is 6. The number of carbonyl (C=O) groups excluding carboxylic acids is 1. The van der Waals surface area contributed by atoms with Gasteiger partial charge in [-0.05, 0) is 73.9 Å². The molecule has 0 radical (unpaired) electrons. The van der Waals surface area contributed by atoms with Crippen LogP contribution in [0.2, 0.25) is 0 Å². The Kier molecular flexibility index (Phi) is 7.22. The maximum atomic E-state index is 13.1. The first-order valence-electron chi connectivity index (χ1n) is 12.4. The summed E-state index contributed by atoms with van der Waals surface area (Å²) in [6, 6.07) is 21.3. The zero-order valence-corrected chi connectivity index (χ0v) is 20.8. The van der Waals surface area contributed by atoms with Crippen LogP contribution < -0.4 is 0 Å². The van der Waals surface area contributed by atoms with E-state index < -0.39 is 0 Å². The van der Waals surface area contributed by atoms with Crippen molar-refractivity contribution in [2.24, 2.45) is 11.8 Å². The van der Waals surface area contributed by atoms with E-state index in [1.165, 1.54) is 23.1 Å². The van der Waals surface area contributed by atoms with Crippen molar-refractivity contribution in [2.75, 3.05) is 13.1 Å². The van der Waals surface area contributed by atoms with Crippen LogP contribution in [0.15, 0.2) is 54.6 Å². The molecule has 1 saturated heterocycles. The van der Waals surface area contributed by atoms with Gasteiger partial charge in [0.25, 0.3) is 0 Å². The third-order valence-electron chi connectivity index (χ3n) is 6.91. The van der Waals surface area contributed by atoms with Crippen molar-refractivity contribution in [3.8, 4) is 23.0 Å². The van der Waals surface area contributed by atoms with Crippen molar-refractivity contribution in [1.29, 1.82) is 5.26 Å². The van der Waals surface area contributed by atoms with Crippen LogP contribution in [0.3, 0.4) is 0 Å². The molecule has 2 atom stereocenters. The lowest BCUT2D eigenvalue weighted by molar-refractivity contribution is -0.133. The number of carbonyl (C=O) groups is 1. The number of aromatic nitrogens is 1. The van der Waals surface area contributed by atoms with Crippen LogP contribution in [0.4, 0.5) is 0 Å². The molecule has 2 aromatic carbocycles. The molecule has 4 rings (SSSR count). The molecule has 2 heterocycles. The number of hydrogen-bond donors (Lipinski definition) is 0. The fraction of sp³-hybridized carbons (Fsp3) is 0.400. The smallest absolute Gasteiger partial charge is 0.222 e. The number of aryl methyl sites for hydroxylation is 3. The lowest BCUT2D eigenvalue weighted by Crippen LogP contribution is -2.42. The van der Waals surface area contributed by atoms with E-state index in [0.29, 0.717) is 31.1 Å². The Bertz CT molecular complexity index is 1190. The first-order chi connectivity index (χ1) is 16.4. The van der Waals surface area contributed by atoms with Crippen molar-refractivity contribution in [1.82, 2.24) is 9.47 Å². The van der Waals surface area contributed by atoms with Gasteiger partial charge < -0.3 is 9.47 Å². The van der Waals surface area contributed by atoms with Crippen molar-refractivity contribution >= 4 is 5.91 Å². The van der Waals surface area contributed by atoms with Gasteiger partial charge >= 0.3 is 0 Å². The lowest BCUT2D eigenvalue weighted by Gasteiger charge is -2.35. The highest BCUT2D eigenvalue weighted by atomic mass is 16.2. The highest BCUT2D eigenvalue weighted by molar-refractivity contribution is 5.77. The Labute approximate surface area is 203 Å². The second-order valence-electron chi connectivity index (χ2n) is 10.1. The predicted molar refractivity (Wildman–Crippen MR) is 138 cm³/mol. The molecule has 4 nitrogen and oxygen atoms in total. The molecule has 1 aromatic heterocycles.